The number of nitrogens with one attached hydrogen (secondary N) is 2. The average molecular weight is 616 g/mol. The van der Waals surface area contributed by atoms with E-state index in [1.165, 1.54) is 5.56 Å². The maximum Gasteiger partial charge on any atom is 0.326 e. The number of benzene rings is 3. The molecule has 1 fully saturated rings. The van der Waals surface area contributed by atoms with Gasteiger partial charge in [-0.15, -0.1) is 0 Å². The van der Waals surface area contributed by atoms with Crippen LogP contribution in [0.3, 0.4) is 0 Å². The normalized spacial score (nSPS) is 14.8. The summed E-state index contributed by atoms with van der Waals surface area (Å²) in [7, 11) is 0. The number of piperidine rings is 1. The number of aromatic nitrogens is 4. The molecule has 0 atom stereocenters. The summed E-state index contributed by atoms with van der Waals surface area (Å²) in [5.41, 5.74) is 11.7. The Hall–Kier alpha value is -5.06. The zero-order valence-electron chi connectivity index (χ0n) is 26.4. The highest BCUT2D eigenvalue weighted by atomic mass is 16.1. The van der Waals surface area contributed by atoms with Crippen LogP contribution in [0.2, 0.25) is 0 Å². The number of allylic oxidation sites excluding steroid dienone is 2. The van der Waals surface area contributed by atoms with Crippen molar-refractivity contribution in [3.63, 3.8) is 0 Å². The number of imidazole rings is 1. The van der Waals surface area contributed by atoms with Gasteiger partial charge in [-0.05, 0) is 63.3 Å². The Morgan fingerprint density at radius 1 is 1.00 bits per heavy atom. The lowest BCUT2D eigenvalue weighted by Crippen LogP contribution is -2.37. The molecular formula is C36H41N9O. The predicted molar refractivity (Wildman–Crippen MR) is 185 cm³/mol. The molecule has 10 heteroatoms. The Bertz CT molecular complexity index is 1920. The van der Waals surface area contributed by atoms with Crippen molar-refractivity contribution >= 4 is 16.9 Å². The summed E-state index contributed by atoms with van der Waals surface area (Å²) in [6, 6.07) is 24.6. The van der Waals surface area contributed by atoms with Gasteiger partial charge in [0, 0.05) is 53.8 Å². The molecule has 3 aromatic carbocycles. The molecule has 3 heterocycles. The molecule has 46 heavy (non-hydrogen) atoms. The molecule has 0 bridgehead atoms. The van der Waals surface area contributed by atoms with Crippen LogP contribution in [0.5, 0.6) is 0 Å². The number of hydrogen-bond acceptors (Lipinski definition) is 7. The van der Waals surface area contributed by atoms with E-state index in [-0.39, 0.29) is 11.7 Å². The lowest BCUT2D eigenvalue weighted by atomic mass is 10.0. The number of hydrogen-bond donors (Lipinski definition) is 4. The van der Waals surface area contributed by atoms with Crippen molar-refractivity contribution in [1.29, 1.82) is 0 Å². The first-order valence-corrected chi connectivity index (χ1v) is 15.8. The van der Waals surface area contributed by atoms with Gasteiger partial charge in [0.15, 0.2) is 5.84 Å². The highest BCUT2D eigenvalue weighted by molar-refractivity contribution is 6.01. The van der Waals surface area contributed by atoms with Crippen LogP contribution in [0.25, 0.3) is 33.5 Å². The predicted octanol–water partition coefficient (Wildman–Crippen LogP) is 5.19. The summed E-state index contributed by atoms with van der Waals surface area (Å²) in [5, 5.41) is 3.74. The van der Waals surface area contributed by atoms with Gasteiger partial charge in [0.2, 0.25) is 0 Å². The second kappa shape index (κ2) is 13.9. The van der Waals surface area contributed by atoms with Crippen molar-refractivity contribution in [2.75, 3.05) is 13.1 Å². The van der Waals surface area contributed by atoms with E-state index >= 15 is 0 Å². The number of hydrazine groups is 1. The third-order valence-electron chi connectivity index (χ3n) is 8.83. The molecule has 1 saturated heterocycles. The van der Waals surface area contributed by atoms with Gasteiger partial charge in [-0.1, -0.05) is 66.7 Å². The monoisotopic (exact) mass is 615 g/mol. The molecule has 1 aliphatic rings. The quantitative estimate of drug-likeness (QED) is 0.0587. The topological polar surface area (TPSA) is 143 Å². The van der Waals surface area contributed by atoms with Crippen LogP contribution in [-0.2, 0) is 13.0 Å². The van der Waals surface area contributed by atoms with E-state index in [0.717, 1.165) is 95.8 Å². The average Bonchev–Trinajstić information content (AvgIpc) is 3.37. The first kappa shape index (κ1) is 30.9. The van der Waals surface area contributed by atoms with Crippen LogP contribution in [0, 0.1) is 6.92 Å². The number of H-pyrrole nitrogens is 1. The molecule has 0 amide bonds. The fourth-order valence-corrected chi connectivity index (χ4v) is 6.43. The van der Waals surface area contributed by atoms with Crippen LogP contribution in [0.15, 0.2) is 94.8 Å². The summed E-state index contributed by atoms with van der Waals surface area (Å²) in [5.74, 6) is 11.5. The number of amidine groups is 1. The molecule has 5 aromatic rings. The Kier molecular flexibility index (Phi) is 9.37. The SMILES string of the molecule is C/C=C\CCc1c(C)[nH]c(=O)n1C1CCN(Cc2ccc(-c3nc4cc(/C(=N/N)NN)ccc4nc3-c3ccccc3)cc2)CC1. The maximum absolute atomic E-state index is 12.8. The lowest BCUT2D eigenvalue weighted by Gasteiger charge is -2.33. The van der Waals surface area contributed by atoms with E-state index in [9.17, 15) is 4.79 Å². The van der Waals surface area contributed by atoms with E-state index in [1.54, 1.807) is 0 Å². The van der Waals surface area contributed by atoms with Crippen molar-refractivity contribution in [3.8, 4) is 22.5 Å². The summed E-state index contributed by atoms with van der Waals surface area (Å²) < 4.78 is 2.03. The molecular weight excluding hydrogens is 574 g/mol. The van der Waals surface area contributed by atoms with E-state index in [2.05, 4.69) is 69.0 Å². The van der Waals surface area contributed by atoms with Gasteiger partial charge in [0.1, 0.15) is 0 Å². The molecule has 6 rings (SSSR count). The number of nitrogens with two attached hydrogens (primary N) is 2. The summed E-state index contributed by atoms with van der Waals surface area (Å²) in [4.78, 5) is 28.5. The highest BCUT2D eigenvalue weighted by Crippen LogP contribution is 2.32. The number of hydrazone groups is 1. The Morgan fingerprint density at radius 2 is 1.70 bits per heavy atom. The van der Waals surface area contributed by atoms with Crippen LogP contribution in [0.4, 0.5) is 0 Å². The minimum absolute atomic E-state index is 0.0221. The molecule has 10 nitrogen and oxygen atoms in total. The third kappa shape index (κ3) is 6.49. The summed E-state index contributed by atoms with van der Waals surface area (Å²) in [6.45, 7) is 6.79. The molecule has 0 saturated carbocycles. The third-order valence-corrected chi connectivity index (χ3v) is 8.83. The molecule has 0 aliphatic carbocycles. The molecule has 0 unspecified atom stereocenters. The molecule has 6 N–H and O–H groups in total. The number of likely N-dealkylation sites (tertiary alicyclic amines) is 1. The number of nitrogens with zero attached hydrogens (tertiary/aromatic N) is 5. The van der Waals surface area contributed by atoms with Crippen LogP contribution in [-0.4, -0.2) is 43.3 Å². The van der Waals surface area contributed by atoms with Gasteiger partial charge >= 0.3 is 5.69 Å². The zero-order chi connectivity index (χ0) is 32.0. The van der Waals surface area contributed by atoms with Crippen molar-refractivity contribution in [3.05, 3.63) is 118 Å². The molecule has 2 aromatic heterocycles. The van der Waals surface area contributed by atoms with Crippen molar-refractivity contribution < 1.29 is 0 Å². The van der Waals surface area contributed by atoms with Crippen LogP contribution in [0.1, 0.15) is 54.7 Å². The van der Waals surface area contributed by atoms with E-state index in [1.807, 2.05) is 54.8 Å². The Labute approximate surface area is 268 Å². The fourth-order valence-electron chi connectivity index (χ4n) is 6.43. The maximum atomic E-state index is 12.8. The lowest BCUT2D eigenvalue weighted by molar-refractivity contribution is 0.176. The first-order chi connectivity index (χ1) is 22.5. The second-order valence-corrected chi connectivity index (χ2v) is 11.8. The molecule has 0 spiro atoms. The van der Waals surface area contributed by atoms with Gasteiger partial charge in [-0.3, -0.25) is 9.47 Å². The van der Waals surface area contributed by atoms with Crippen molar-refractivity contribution in [1.82, 2.24) is 29.8 Å². The van der Waals surface area contributed by atoms with E-state index in [4.69, 9.17) is 21.7 Å². The van der Waals surface area contributed by atoms with Gasteiger partial charge in [0.05, 0.1) is 22.4 Å². The first-order valence-electron chi connectivity index (χ1n) is 15.8. The summed E-state index contributed by atoms with van der Waals surface area (Å²) in [6.07, 6.45) is 7.96. The van der Waals surface area contributed by atoms with Gasteiger partial charge in [0.25, 0.3) is 0 Å². The second-order valence-electron chi connectivity index (χ2n) is 11.8. The van der Waals surface area contributed by atoms with Crippen molar-refractivity contribution in [2.45, 2.75) is 52.1 Å². The van der Waals surface area contributed by atoms with E-state index < -0.39 is 0 Å². The summed E-state index contributed by atoms with van der Waals surface area (Å²) >= 11 is 0. The van der Waals surface area contributed by atoms with Gasteiger partial charge < -0.3 is 16.3 Å². The highest BCUT2D eigenvalue weighted by Gasteiger charge is 2.25. The number of aromatic amines is 1. The minimum atomic E-state index is 0.0221. The Balaban J connectivity index is 1.21. The van der Waals surface area contributed by atoms with Crippen molar-refractivity contribution in [2.24, 2.45) is 16.8 Å². The molecule has 1 aliphatic heterocycles. The Morgan fingerprint density at radius 3 is 2.37 bits per heavy atom. The fraction of sp³-hybridized carbons (Fsp3) is 0.278. The zero-order valence-corrected chi connectivity index (χ0v) is 26.4. The number of fused-ring (bicyclic) bond motifs is 1. The van der Waals surface area contributed by atoms with Crippen LogP contribution < -0.4 is 22.8 Å². The van der Waals surface area contributed by atoms with E-state index in [0.29, 0.717) is 5.84 Å². The molecule has 0 radical (unpaired) electrons. The van der Waals surface area contributed by atoms with Gasteiger partial charge in [-0.25, -0.2) is 20.6 Å². The number of aryl methyl sites for hydroxylation is 1. The number of rotatable bonds is 9. The minimum Gasteiger partial charge on any atom is -0.321 e. The smallest absolute Gasteiger partial charge is 0.321 e. The van der Waals surface area contributed by atoms with Crippen LogP contribution >= 0.6 is 0 Å². The van der Waals surface area contributed by atoms with Gasteiger partial charge in [-0.2, -0.15) is 5.10 Å². The molecule has 236 valence electrons. The standard InChI is InChI=1S/C36H41N9O/c1-3-4-6-11-32-24(2)39-36(46)45(32)29-18-20-44(21-19-29)23-25-12-14-27(15-13-25)34-33(26-9-7-5-8-10-26)40-30-17-16-28(22-31(30)41-34)35(42-37)43-38/h3-5,7-10,12-17,22,29H,6,11,18-21,23,37-38H2,1-2H3,(H,39,46)(H,42,43)/b4-3-. The largest absolute Gasteiger partial charge is 0.326 e.